The van der Waals surface area contributed by atoms with Gasteiger partial charge in [-0.3, -0.25) is 9.69 Å². The van der Waals surface area contributed by atoms with Gasteiger partial charge < -0.3 is 14.8 Å². The first-order valence-electron chi connectivity index (χ1n) is 8.53. The number of hydrogen-bond donors (Lipinski definition) is 1. The molecule has 1 aliphatic rings. The SMILES string of the molecule is CCOc1cc(/C=C2/NC(=O)N(C)C2=O)ccc1OCc1ccc(Cl)c(Cl)c1. The average Bonchev–Trinajstić information content (AvgIpc) is 2.91. The first-order valence-corrected chi connectivity index (χ1v) is 9.29. The second kappa shape index (κ2) is 8.54. The summed E-state index contributed by atoms with van der Waals surface area (Å²) in [4.78, 5) is 24.6. The highest BCUT2D eigenvalue weighted by molar-refractivity contribution is 6.42. The van der Waals surface area contributed by atoms with E-state index in [1.165, 1.54) is 7.05 Å². The molecule has 0 aromatic heterocycles. The summed E-state index contributed by atoms with van der Waals surface area (Å²) in [5.41, 5.74) is 1.77. The van der Waals surface area contributed by atoms with Crippen LogP contribution in [0.25, 0.3) is 6.08 Å². The predicted molar refractivity (Wildman–Crippen MR) is 108 cm³/mol. The maximum atomic E-state index is 12.0. The topological polar surface area (TPSA) is 67.9 Å². The van der Waals surface area contributed by atoms with Crippen LogP contribution in [0, 0.1) is 0 Å². The lowest BCUT2D eigenvalue weighted by molar-refractivity contribution is -0.121. The number of nitrogens with one attached hydrogen (secondary N) is 1. The molecule has 0 bridgehead atoms. The molecule has 1 heterocycles. The van der Waals surface area contributed by atoms with Crippen LogP contribution in [0.3, 0.4) is 0 Å². The van der Waals surface area contributed by atoms with E-state index in [0.29, 0.717) is 33.7 Å². The van der Waals surface area contributed by atoms with E-state index < -0.39 is 6.03 Å². The van der Waals surface area contributed by atoms with Gasteiger partial charge in [-0.2, -0.15) is 0 Å². The van der Waals surface area contributed by atoms with Crippen molar-refractivity contribution in [2.45, 2.75) is 13.5 Å². The molecule has 2 aromatic carbocycles. The summed E-state index contributed by atoms with van der Waals surface area (Å²) < 4.78 is 11.5. The maximum Gasteiger partial charge on any atom is 0.328 e. The van der Waals surface area contributed by atoms with Crippen molar-refractivity contribution >= 4 is 41.2 Å². The summed E-state index contributed by atoms with van der Waals surface area (Å²) >= 11 is 12.0. The molecule has 0 aliphatic carbocycles. The lowest BCUT2D eigenvalue weighted by Gasteiger charge is -2.13. The van der Waals surface area contributed by atoms with Crippen molar-refractivity contribution in [3.8, 4) is 11.5 Å². The van der Waals surface area contributed by atoms with E-state index in [4.69, 9.17) is 32.7 Å². The third-order valence-corrected chi connectivity index (χ3v) is 4.78. The minimum absolute atomic E-state index is 0.208. The van der Waals surface area contributed by atoms with Crippen LogP contribution in [-0.2, 0) is 11.4 Å². The van der Waals surface area contributed by atoms with Gasteiger partial charge in [0, 0.05) is 7.05 Å². The van der Waals surface area contributed by atoms with Crippen molar-refractivity contribution in [2.75, 3.05) is 13.7 Å². The monoisotopic (exact) mass is 420 g/mol. The molecule has 0 spiro atoms. The Hall–Kier alpha value is -2.70. The summed E-state index contributed by atoms with van der Waals surface area (Å²) in [5.74, 6) is 0.693. The summed E-state index contributed by atoms with van der Waals surface area (Å²) in [5, 5.41) is 3.47. The Labute approximate surface area is 172 Å². The highest BCUT2D eigenvalue weighted by Crippen LogP contribution is 2.31. The van der Waals surface area contributed by atoms with Crippen molar-refractivity contribution in [1.29, 1.82) is 0 Å². The minimum atomic E-state index is -0.456. The van der Waals surface area contributed by atoms with E-state index in [-0.39, 0.29) is 18.2 Å². The number of likely N-dealkylation sites (N-methyl/N-ethyl adjacent to an activating group) is 1. The van der Waals surface area contributed by atoms with Gasteiger partial charge in [0.25, 0.3) is 5.91 Å². The standard InChI is InChI=1S/C20H18Cl2N2O4/c1-3-27-18-10-12(9-16-19(25)24(2)20(26)23-16)5-7-17(18)28-11-13-4-6-14(21)15(22)8-13/h4-10H,3,11H2,1-2H3,(H,23,26)/b16-9+. The number of imide groups is 1. The van der Waals surface area contributed by atoms with E-state index in [1.807, 2.05) is 13.0 Å². The zero-order valence-electron chi connectivity index (χ0n) is 15.3. The number of hydrogen-bond acceptors (Lipinski definition) is 4. The van der Waals surface area contributed by atoms with E-state index in [9.17, 15) is 9.59 Å². The van der Waals surface area contributed by atoms with Crippen LogP contribution in [0.1, 0.15) is 18.1 Å². The molecule has 1 fully saturated rings. The van der Waals surface area contributed by atoms with Crippen molar-refractivity contribution in [2.24, 2.45) is 0 Å². The molecule has 1 saturated heterocycles. The average molecular weight is 421 g/mol. The molecule has 1 N–H and O–H groups in total. The van der Waals surface area contributed by atoms with Gasteiger partial charge >= 0.3 is 6.03 Å². The van der Waals surface area contributed by atoms with Gasteiger partial charge in [0.2, 0.25) is 0 Å². The molecule has 6 nitrogen and oxygen atoms in total. The molecular formula is C20H18Cl2N2O4. The Kier molecular flexibility index (Phi) is 6.11. The largest absolute Gasteiger partial charge is 0.490 e. The van der Waals surface area contributed by atoms with Gasteiger partial charge in [0.05, 0.1) is 16.7 Å². The molecule has 146 valence electrons. The van der Waals surface area contributed by atoms with Crippen LogP contribution >= 0.6 is 23.2 Å². The third kappa shape index (κ3) is 4.40. The van der Waals surface area contributed by atoms with Gasteiger partial charge in [-0.1, -0.05) is 35.3 Å². The molecule has 28 heavy (non-hydrogen) atoms. The second-order valence-electron chi connectivity index (χ2n) is 6.03. The normalized spacial score (nSPS) is 15.1. The maximum absolute atomic E-state index is 12.0. The molecule has 0 unspecified atom stereocenters. The zero-order chi connectivity index (χ0) is 20.3. The van der Waals surface area contributed by atoms with Crippen molar-refractivity contribution < 1.29 is 19.1 Å². The van der Waals surface area contributed by atoms with Gasteiger partial charge in [-0.15, -0.1) is 0 Å². The van der Waals surface area contributed by atoms with Crippen molar-refractivity contribution in [3.63, 3.8) is 0 Å². The Morgan fingerprint density at radius 2 is 1.82 bits per heavy atom. The Balaban J connectivity index is 1.80. The Morgan fingerprint density at radius 1 is 1.04 bits per heavy atom. The van der Waals surface area contributed by atoms with Crippen LogP contribution in [0.5, 0.6) is 11.5 Å². The molecule has 0 atom stereocenters. The fourth-order valence-corrected chi connectivity index (χ4v) is 2.90. The highest BCUT2D eigenvalue weighted by atomic mass is 35.5. The smallest absolute Gasteiger partial charge is 0.328 e. The molecule has 1 aliphatic heterocycles. The van der Waals surface area contributed by atoms with Gasteiger partial charge in [0.1, 0.15) is 12.3 Å². The molecule has 0 saturated carbocycles. The van der Waals surface area contributed by atoms with Gasteiger partial charge in [-0.25, -0.2) is 4.79 Å². The number of urea groups is 1. The lowest BCUT2D eigenvalue weighted by atomic mass is 10.1. The summed E-state index contributed by atoms with van der Waals surface area (Å²) in [6.07, 6.45) is 1.59. The number of rotatable bonds is 6. The van der Waals surface area contributed by atoms with Crippen LogP contribution in [0.4, 0.5) is 4.79 Å². The van der Waals surface area contributed by atoms with E-state index in [0.717, 1.165) is 10.5 Å². The Bertz CT molecular complexity index is 959. The summed E-state index contributed by atoms with van der Waals surface area (Å²) in [6, 6.07) is 10.1. The first-order chi connectivity index (χ1) is 13.4. The Morgan fingerprint density at radius 3 is 2.46 bits per heavy atom. The molecule has 3 amide bonds. The molecule has 0 radical (unpaired) electrons. The summed E-state index contributed by atoms with van der Waals surface area (Å²) in [6.45, 7) is 2.60. The third-order valence-electron chi connectivity index (χ3n) is 4.04. The highest BCUT2D eigenvalue weighted by Gasteiger charge is 2.29. The van der Waals surface area contributed by atoms with Gasteiger partial charge in [0.15, 0.2) is 11.5 Å². The van der Waals surface area contributed by atoms with E-state index in [1.54, 1.807) is 36.4 Å². The van der Waals surface area contributed by atoms with Crippen molar-refractivity contribution in [1.82, 2.24) is 10.2 Å². The van der Waals surface area contributed by atoms with Crippen LogP contribution in [0.2, 0.25) is 10.0 Å². The van der Waals surface area contributed by atoms with Crippen LogP contribution < -0.4 is 14.8 Å². The molecular weight excluding hydrogens is 403 g/mol. The zero-order valence-corrected chi connectivity index (χ0v) is 16.8. The van der Waals surface area contributed by atoms with Crippen LogP contribution in [0.15, 0.2) is 42.1 Å². The molecule has 8 heteroatoms. The fourth-order valence-electron chi connectivity index (χ4n) is 2.58. The number of nitrogens with zero attached hydrogens (tertiary/aromatic N) is 1. The quantitative estimate of drug-likeness (QED) is 0.551. The first kappa shape index (κ1) is 20.0. The number of benzene rings is 2. The second-order valence-corrected chi connectivity index (χ2v) is 6.84. The number of carbonyl (C=O) groups excluding carboxylic acids is 2. The predicted octanol–water partition coefficient (Wildman–Crippen LogP) is 4.49. The van der Waals surface area contributed by atoms with Crippen molar-refractivity contribution in [3.05, 3.63) is 63.3 Å². The molecule has 3 rings (SSSR count). The minimum Gasteiger partial charge on any atom is -0.490 e. The van der Waals surface area contributed by atoms with E-state index in [2.05, 4.69) is 5.32 Å². The van der Waals surface area contributed by atoms with Gasteiger partial charge in [-0.05, 0) is 48.4 Å². The molecule has 2 aromatic rings. The van der Waals surface area contributed by atoms with Crippen LogP contribution in [-0.4, -0.2) is 30.5 Å². The van der Waals surface area contributed by atoms with E-state index >= 15 is 0 Å². The fraction of sp³-hybridized carbons (Fsp3) is 0.200. The summed E-state index contributed by atoms with van der Waals surface area (Å²) in [7, 11) is 1.42. The number of ether oxygens (including phenoxy) is 2. The lowest BCUT2D eigenvalue weighted by Crippen LogP contribution is -2.25. The number of carbonyl (C=O) groups is 2. The number of amides is 3. The number of halogens is 2.